The maximum absolute atomic E-state index is 11.7. The number of nitrogens with one attached hydrogen (secondary N) is 1. The summed E-state index contributed by atoms with van der Waals surface area (Å²) in [4.78, 5) is 0. The molecule has 82 valence electrons. The molecule has 1 aliphatic carbocycles. The SMILES string of the molecule is CC1CC1C1CS(=O)(=O)CC(C)(C)N1. The van der Waals surface area contributed by atoms with Crippen LogP contribution in [0.5, 0.6) is 0 Å². The van der Waals surface area contributed by atoms with Crippen LogP contribution < -0.4 is 5.32 Å². The maximum Gasteiger partial charge on any atom is 0.153 e. The van der Waals surface area contributed by atoms with E-state index < -0.39 is 9.84 Å². The summed E-state index contributed by atoms with van der Waals surface area (Å²) in [5.41, 5.74) is -0.246. The van der Waals surface area contributed by atoms with E-state index in [9.17, 15) is 8.42 Å². The van der Waals surface area contributed by atoms with Gasteiger partial charge in [0.2, 0.25) is 0 Å². The highest BCUT2D eigenvalue weighted by Gasteiger charge is 2.46. The Bertz CT molecular complexity index is 334. The molecule has 3 nitrogen and oxygen atoms in total. The van der Waals surface area contributed by atoms with Crippen LogP contribution in [-0.4, -0.2) is 31.5 Å². The van der Waals surface area contributed by atoms with Gasteiger partial charge in [0.25, 0.3) is 0 Å². The molecule has 0 aromatic rings. The van der Waals surface area contributed by atoms with Crippen molar-refractivity contribution in [3.8, 4) is 0 Å². The molecule has 0 radical (unpaired) electrons. The fourth-order valence-electron chi connectivity index (χ4n) is 2.61. The fourth-order valence-corrected chi connectivity index (χ4v) is 4.79. The largest absolute Gasteiger partial charge is 0.307 e. The molecule has 0 spiro atoms. The van der Waals surface area contributed by atoms with Crippen molar-refractivity contribution in [1.82, 2.24) is 5.32 Å². The van der Waals surface area contributed by atoms with Gasteiger partial charge in [-0.05, 0) is 32.1 Å². The van der Waals surface area contributed by atoms with Crippen molar-refractivity contribution in [1.29, 1.82) is 0 Å². The van der Waals surface area contributed by atoms with Gasteiger partial charge in [0.05, 0.1) is 11.5 Å². The van der Waals surface area contributed by atoms with Crippen molar-refractivity contribution in [2.75, 3.05) is 11.5 Å². The molecule has 14 heavy (non-hydrogen) atoms. The number of hydrogen-bond donors (Lipinski definition) is 1. The molecule has 3 unspecified atom stereocenters. The summed E-state index contributed by atoms with van der Waals surface area (Å²) >= 11 is 0. The van der Waals surface area contributed by atoms with Crippen molar-refractivity contribution in [3.63, 3.8) is 0 Å². The van der Waals surface area contributed by atoms with Crippen LogP contribution in [0.3, 0.4) is 0 Å². The Labute approximate surface area is 86.2 Å². The minimum Gasteiger partial charge on any atom is -0.307 e. The standard InChI is InChI=1S/C10H19NO2S/c1-7-4-8(7)9-5-14(12,13)6-10(2,3)11-9/h7-9,11H,4-6H2,1-3H3. The zero-order chi connectivity index (χ0) is 10.6. The molecule has 3 atom stereocenters. The molecular weight excluding hydrogens is 198 g/mol. The molecular formula is C10H19NO2S. The lowest BCUT2D eigenvalue weighted by molar-refractivity contribution is 0.328. The minimum absolute atomic E-state index is 0.193. The van der Waals surface area contributed by atoms with Gasteiger partial charge in [-0.15, -0.1) is 0 Å². The van der Waals surface area contributed by atoms with Crippen LogP contribution in [-0.2, 0) is 9.84 Å². The van der Waals surface area contributed by atoms with E-state index in [-0.39, 0.29) is 17.3 Å². The summed E-state index contributed by atoms with van der Waals surface area (Å²) in [7, 11) is -2.83. The van der Waals surface area contributed by atoms with Crippen LogP contribution in [0.4, 0.5) is 0 Å². The summed E-state index contributed by atoms with van der Waals surface area (Å²) < 4.78 is 23.4. The van der Waals surface area contributed by atoms with E-state index in [0.717, 1.165) is 0 Å². The Kier molecular flexibility index (Phi) is 2.20. The van der Waals surface area contributed by atoms with Gasteiger partial charge in [0, 0.05) is 11.6 Å². The first-order valence-corrected chi connectivity index (χ1v) is 7.09. The first-order valence-electron chi connectivity index (χ1n) is 5.27. The van der Waals surface area contributed by atoms with Crippen LogP contribution in [0, 0.1) is 11.8 Å². The van der Waals surface area contributed by atoms with Crippen LogP contribution in [0.2, 0.25) is 0 Å². The summed E-state index contributed by atoms with van der Waals surface area (Å²) in [5.74, 6) is 1.91. The molecule has 1 saturated heterocycles. The molecule has 2 fully saturated rings. The Balaban J connectivity index is 2.13. The molecule has 1 saturated carbocycles. The van der Waals surface area contributed by atoms with E-state index in [1.54, 1.807) is 0 Å². The quantitative estimate of drug-likeness (QED) is 0.707. The van der Waals surface area contributed by atoms with Crippen molar-refractivity contribution in [2.45, 2.75) is 38.8 Å². The normalized spacial score (nSPS) is 44.6. The molecule has 0 bridgehead atoms. The first-order chi connectivity index (χ1) is 6.29. The fraction of sp³-hybridized carbons (Fsp3) is 1.00. The van der Waals surface area contributed by atoms with Gasteiger partial charge in [-0.3, -0.25) is 0 Å². The Morgan fingerprint density at radius 2 is 1.93 bits per heavy atom. The summed E-state index contributed by atoms with van der Waals surface area (Å²) in [6.07, 6.45) is 1.18. The molecule has 0 aromatic carbocycles. The van der Waals surface area contributed by atoms with E-state index in [2.05, 4.69) is 12.2 Å². The summed E-state index contributed by atoms with van der Waals surface area (Å²) in [5, 5.41) is 3.46. The molecule has 1 heterocycles. The lowest BCUT2D eigenvalue weighted by atomic mass is 10.0. The van der Waals surface area contributed by atoms with Crippen LogP contribution >= 0.6 is 0 Å². The second-order valence-electron chi connectivity index (χ2n) is 5.57. The predicted molar refractivity (Wildman–Crippen MR) is 56.9 cm³/mol. The Hall–Kier alpha value is -0.0900. The molecule has 1 aliphatic heterocycles. The van der Waals surface area contributed by atoms with Crippen molar-refractivity contribution >= 4 is 9.84 Å². The van der Waals surface area contributed by atoms with Gasteiger partial charge < -0.3 is 5.32 Å². The molecule has 2 rings (SSSR count). The summed E-state index contributed by atoms with van der Waals surface area (Å²) in [6, 6.07) is 0.193. The third-order valence-corrected chi connectivity index (χ3v) is 5.31. The predicted octanol–water partition coefficient (Wildman–Crippen LogP) is 0.808. The highest BCUT2D eigenvalue weighted by Crippen LogP contribution is 2.42. The highest BCUT2D eigenvalue weighted by molar-refractivity contribution is 7.91. The van der Waals surface area contributed by atoms with Crippen LogP contribution in [0.15, 0.2) is 0 Å². The lowest BCUT2D eigenvalue weighted by Gasteiger charge is -2.37. The molecule has 1 N–H and O–H groups in total. The van der Waals surface area contributed by atoms with Gasteiger partial charge in [-0.2, -0.15) is 0 Å². The highest BCUT2D eigenvalue weighted by atomic mass is 32.2. The van der Waals surface area contributed by atoms with E-state index in [1.165, 1.54) is 6.42 Å². The average molecular weight is 217 g/mol. The number of hydrogen-bond acceptors (Lipinski definition) is 3. The second-order valence-corrected chi connectivity index (χ2v) is 7.68. The van der Waals surface area contributed by atoms with Crippen LogP contribution in [0.25, 0.3) is 0 Å². The van der Waals surface area contributed by atoms with E-state index >= 15 is 0 Å². The van der Waals surface area contributed by atoms with E-state index in [1.807, 2.05) is 13.8 Å². The lowest BCUT2D eigenvalue weighted by Crippen LogP contribution is -2.59. The first kappa shape index (κ1) is 10.4. The van der Waals surface area contributed by atoms with Gasteiger partial charge in [-0.25, -0.2) is 8.42 Å². The zero-order valence-corrected chi connectivity index (χ0v) is 9.89. The van der Waals surface area contributed by atoms with Gasteiger partial charge in [0.1, 0.15) is 0 Å². The van der Waals surface area contributed by atoms with Gasteiger partial charge in [-0.1, -0.05) is 6.92 Å². The van der Waals surface area contributed by atoms with E-state index in [4.69, 9.17) is 0 Å². The molecule has 4 heteroatoms. The van der Waals surface area contributed by atoms with E-state index in [0.29, 0.717) is 17.6 Å². The number of rotatable bonds is 1. The van der Waals surface area contributed by atoms with Gasteiger partial charge >= 0.3 is 0 Å². The van der Waals surface area contributed by atoms with Crippen molar-refractivity contribution < 1.29 is 8.42 Å². The summed E-state index contributed by atoms with van der Waals surface area (Å²) in [6.45, 7) is 6.15. The maximum atomic E-state index is 11.7. The Morgan fingerprint density at radius 3 is 2.36 bits per heavy atom. The molecule has 0 amide bonds. The zero-order valence-electron chi connectivity index (χ0n) is 9.08. The smallest absolute Gasteiger partial charge is 0.153 e. The molecule has 0 aromatic heterocycles. The topological polar surface area (TPSA) is 46.2 Å². The van der Waals surface area contributed by atoms with Crippen molar-refractivity contribution in [2.24, 2.45) is 11.8 Å². The average Bonchev–Trinajstić information content (AvgIpc) is 2.59. The van der Waals surface area contributed by atoms with Gasteiger partial charge in [0.15, 0.2) is 9.84 Å². The number of sulfone groups is 1. The third-order valence-electron chi connectivity index (χ3n) is 3.28. The second kappa shape index (κ2) is 2.95. The Morgan fingerprint density at radius 1 is 1.36 bits per heavy atom. The van der Waals surface area contributed by atoms with Crippen LogP contribution in [0.1, 0.15) is 27.2 Å². The minimum atomic E-state index is -2.83. The van der Waals surface area contributed by atoms with Crippen molar-refractivity contribution in [3.05, 3.63) is 0 Å². The molecule has 2 aliphatic rings. The third kappa shape index (κ3) is 2.11. The monoisotopic (exact) mass is 217 g/mol.